The highest BCUT2D eigenvalue weighted by molar-refractivity contribution is 9.10. The molecule has 1 aromatic rings. The maximum Gasteiger partial charge on any atom is 0.266 e. The topological polar surface area (TPSA) is 33.1 Å². The average Bonchev–Trinajstić information content (AvgIpc) is 2.16. The molecule has 1 rings (SSSR count). The van der Waals surface area contributed by atoms with Crippen LogP contribution in [0.4, 0.5) is 8.78 Å². The maximum atomic E-state index is 12.6. The fourth-order valence-corrected chi connectivity index (χ4v) is 2.10. The molecule has 0 unspecified atom stereocenters. The molecule has 1 N–H and O–H groups in total. The Bertz CT molecular complexity index is 333. The summed E-state index contributed by atoms with van der Waals surface area (Å²) in [5, 5.41) is 9.39. The Labute approximate surface area is 96.6 Å². The zero-order valence-corrected chi connectivity index (χ0v) is 10.1. The number of nitrogens with zero attached hydrogens (tertiary/aromatic N) is 1. The molecule has 6 heteroatoms. The Morgan fingerprint density at radius 1 is 1.50 bits per heavy atom. The third-order valence-electron chi connectivity index (χ3n) is 1.79. The number of rotatable bonds is 3. The first kappa shape index (κ1) is 12.0. The van der Waals surface area contributed by atoms with Gasteiger partial charge in [0.25, 0.3) is 6.43 Å². The molecular formula is C8H7Br2F2NO. The zero-order chi connectivity index (χ0) is 10.7. The van der Waals surface area contributed by atoms with Gasteiger partial charge >= 0.3 is 0 Å². The number of hydrogen-bond acceptors (Lipinski definition) is 2. The normalized spacial score (nSPS) is 11.0. The van der Waals surface area contributed by atoms with Gasteiger partial charge in [0.2, 0.25) is 0 Å². The van der Waals surface area contributed by atoms with Gasteiger partial charge in [-0.3, -0.25) is 0 Å². The van der Waals surface area contributed by atoms with E-state index in [1.165, 1.54) is 6.20 Å². The Kier molecular flexibility index (Phi) is 4.40. The molecule has 0 aromatic carbocycles. The first-order chi connectivity index (χ1) is 6.61. The minimum Gasteiger partial charge on any atom is -0.392 e. The van der Waals surface area contributed by atoms with Gasteiger partial charge in [-0.25, -0.2) is 13.8 Å². The van der Waals surface area contributed by atoms with E-state index in [1.807, 2.05) is 0 Å². The number of aliphatic hydroxyl groups excluding tert-OH is 1. The predicted octanol–water partition coefficient (Wildman–Crippen LogP) is 3.17. The molecule has 0 fully saturated rings. The third-order valence-corrected chi connectivity index (χ3v) is 3.03. The van der Waals surface area contributed by atoms with Crippen LogP contribution in [0.1, 0.15) is 23.1 Å². The molecule has 0 aliphatic carbocycles. The summed E-state index contributed by atoms with van der Waals surface area (Å²) >= 11 is 6.08. The van der Waals surface area contributed by atoms with E-state index in [9.17, 15) is 8.78 Å². The van der Waals surface area contributed by atoms with Gasteiger partial charge in [-0.1, -0.05) is 15.9 Å². The third kappa shape index (κ3) is 2.29. The number of pyridine rings is 1. The molecule has 0 saturated heterocycles. The van der Waals surface area contributed by atoms with Crippen LogP contribution in [-0.2, 0) is 11.9 Å². The standard InChI is InChI=1S/C8H7Br2F2NO/c9-1-4-2-13-7(10)6(8(11)12)5(4)3-14/h2,8,14H,1,3H2. The molecule has 0 radical (unpaired) electrons. The molecule has 14 heavy (non-hydrogen) atoms. The molecule has 1 aromatic heterocycles. The molecule has 0 bridgehead atoms. The minimum atomic E-state index is -2.64. The van der Waals surface area contributed by atoms with Gasteiger partial charge in [0, 0.05) is 11.5 Å². The lowest BCUT2D eigenvalue weighted by Gasteiger charge is -2.11. The van der Waals surface area contributed by atoms with Gasteiger partial charge in [0.05, 0.1) is 12.2 Å². The van der Waals surface area contributed by atoms with E-state index in [0.717, 1.165) is 0 Å². The molecule has 1 heterocycles. The van der Waals surface area contributed by atoms with Gasteiger partial charge in [0.15, 0.2) is 0 Å². The van der Waals surface area contributed by atoms with E-state index in [1.54, 1.807) is 0 Å². The number of alkyl halides is 3. The number of aromatic nitrogens is 1. The number of aliphatic hydroxyl groups is 1. The second-order valence-electron chi connectivity index (χ2n) is 2.56. The Balaban J connectivity index is 3.35. The van der Waals surface area contributed by atoms with E-state index in [4.69, 9.17) is 5.11 Å². The van der Waals surface area contributed by atoms with Crippen molar-refractivity contribution in [2.24, 2.45) is 0 Å². The van der Waals surface area contributed by atoms with Gasteiger partial charge in [-0.2, -0.15) is 0 Å². The molecule has 0 aliphatic rings. The van der Waals surface area contributed by atoms with Gasteiger partial charge in [0.1, 0.15) is 4.60 Å². The minimum absolute atomic E-state index is 0.0845. The Hall–Kier alpha value is -0.0700. The van der Waals surface area contributed by atoms with E-state index in [0.29, 0.717) is 10.9 Å². The van der Waals surface area contributed by atoms with Crippen LogP contribution in [0.15, 0.2) is 10.8 Å². The lowest BCUT2D eigenvalue weighted by molar-refractivity contribution is 0.145. The van der Waals surface area contributed by atoms with Crippen molar-refractivity contribution in [2.45, 2.75) is 18.4 Å². The SMILES string of the molecule is OCc1c(CBr)cnc(Br)c1C(F)F. The number of hydrogen-bond donors (Lipinski definition) is 1. The van der Waals surface area contributed by atoms with E-state index in [-0.39, 0.29) is 15.7 Å². The summed E-state index contributed by atoms with van der Waals surface area (Å²) in [7, 11) is 0. The predicted molar refractivity (Wildman–Crippen MR) is 55.4 cm³/mol. The summed E-state index contributed by atoms with van der Waals surface area (Å²) in [5.41, 5.74) is 0.578. The first-order valence-electron chi connectivity index (χ1n) is 3.73. The first-order valence-corrected chi connectivity index (χ1v) is 5.64. The lowest BCUT2D eigenvalue weighted by atomic mass is 10.1. The van der Waals surface area contributed by atoms with Crippen LogP contribution in [0.3, 0.4) is 0 Å². The van der Waals surface area contributed by atoms with Crippen LogP contribution >= 0.6 is 31.9 Å². The zero-order valence-electron chi connectivity index (χ0n) is 6.98. The van der Waals surface area contributed by atoms with Crippen LogP contribution in [-0.4, -0.2) is 10.1 Å². The van der Waals surface area contributed by atoms with Crippen LogP contribution < -0.4 is 0 Å². The fourth-order valence-electron chi connectivity index (χ4n) is 1.10. The van der Waals surface area contributed by atoms with E-state index in [2.05, 4.69) is 36.8 Å². The smallest absolute Gasteiger partial charge is 0.266 e. The second kappa shape index (κ2) is 5.14. The van der Waals surface area contributed by atoms with Gasteiger partial charge < -0.3 is 5.11 Å². The highest BCUT2D eigenvalue weighted by atomic mass is 79.9. The largest absolute Gasteiger partial charge is 0.392 e. The van der Waals surface area contributed by atoms with E-state index >= 15 is 0 Å². The maximum absolute atomic E-state index is 12.6. The van der Waals surface area contributed by atoms with Crippen molar-refractivity contribution < 1.29 is 13.9 Å². The summed E-state index contributed by atoms with van der Waals surface area (Å²) in [6, 6.07) is 0. The second-order valence-corrected chi connectivity index (χ2v) is 3.87. The van der Waals surface area contributed by atoms with Crippen molar-refractivity contribution in [3.63, 3.8) is 0 Å². The van der Waals surface area contributed by atoms with Crippen molar-refractivity contribution in [1.82, 2.24) is 4.98 Å². The summed E-state index contributed by atoms with van der Waals surface area (Å²) in [5.74, 6) is 0. The molecule has 78 valence electrons. The van der Waals surface area contributed by atoms with Gasteiger partial charge in [-0.15, -0.1) is 0 Å². The highest BCUT2D eigenvalue weighted by Crippen LogP contribution is 2.31. The van der Waals surface area contributed by atoms with Crippen molar-refractivity contribution in [3.8, 4) is 0 Å². The van der Waals surface area contributed by atoms with Crippen LogP contribution in [0, 0.1) is 0 Å². The highest BCUT2D eigenvalue weighted by Gasteiger charge is 2.19. The van der Waals surface area contributed by atoms with Crippen molar-refractivity contribution in [2.75, 3.05) is 0 Å². The van der Waals surface area contributed by atoms with Crippen molar-refractivity contribution >= 4 is 31.9 Å². The summed E-state index contributed by atoms with van der Waals surface area (Å²) in [6.07, 6.45) is -1.19. The molecule has 0 saturated carbocycles. The van der Waals surface area contributed by atoms with Gasteiger partial charge in [-0.05, 0) is 27.1 Å². The van der Waals surface area contributed by atoms with Crippen LogP contribution in [0.5, 0.6) is 0 Å². The Morgan fingerprint density at radius 3 is 2.57 bits per heavy atom. The number of halogens is 4. The van der Waals surface area contributed by atoms with E-state index < -0.39 is 13.0 Å². The molecular weight excluding hydrogens is 324 g/mol. The van der Waals surface area contributed by atoms with Crippen molar-refractivity contribution in [3.05, 3.63) is 27.5 Å². The summed E-state index contributed by atoms with van der Waals surface area (Å²) in [4.78, 5) is 3.78. The quantitative estimate of drug-likeness (QED) is 0.682. The summed E-state index contributed by atoms with van der Waals surface area (Å²) < 4.78 is 25.3. The molecule has 0 aliphatic heterocycles. The average molecular weight is 331 g/mol. The molecule has 2 nitrogen and oxygen atoms in total. The fraction of sp³-hybridized carbons (Fsp3) is 0.375. The summed E-state index contributed by atoms with van der Waals surface area (Å²) in [6.45, 7) is -0.415. The van der Waals surface area contributed by atoms with Crippen LogP contribution in [0.2, 0.25) is 0 Å². The van der Waals surface area contributed by atoms with Crippen molar-refractivity contribution in [1.29, 1.82) is 0 Å². The molecule has 0 spiro atoms. The lowest BCUT2D eigenvalue weighted by Crippen LogP contribution is -2.02. The van der Waals surface area contributed by atoms with Crippen LogP contribution in [0.25, 0.3) is 0 Å². The Morgan fingerprint density at radius 2 is 2.14 bits per heavy atom. The monoisotopic (exact) mass is 329 g/mol. The molecule has 0 atom stereocenters. The molecule has 0 amide bonds.